The number of carbonyl (C=O) groups is 1. The molecule has 1 unspecified atom stereocenters. The maximum atomic E-state index is 12.4. The monoisotopic (exact) mass is 288 g/mol. The van der Waals surface area contributed by atoms with Crippen molar-refractivity contribution in [2.45, 2.75) is 31.4 Å². The standard InChI is InChI=1S/C17H24N2O2/c1-18-9-10-19(2)14(12-18)11-17(20)13-3-5-15(6-4-13)21-16-7-8-16/h3-6,14,16H,7-12H2,1-2H3. The van der Waals surface area contributed by atoms with Crippen molar-refractivity contribution in [2.75, 3.05) is 33.7 Å². The minimum Gasteiger partial charge on any atom is -0.490 e. The van der Waals surface area contributed by atoms with E-state index in [1.807, 2.05) is 24.3 Å². The molecule has 2 fully saturated rings. The quantitative estimate of drug-likeness (QED) is 0.776. The zero-order valence-corrected chi connectivity index (χ0v) is 12.9. The van der Waals surface area contributed by atoms with Gasteiger partial charge in [0.05, 0.1) is 6.10 Å². The van der Waals surface area contributed by atoms with Crippen LogP contribution in [-0.4, -0.2) is 61.5 Å². The van der Waals surface area contributed by atoms with Gasteiger partial charge in [0.25, 0.3) is 0 Å². The molecule has 0 bridgehead atoms. The average Bonchev–Trinajstić information content (AvgIpc) is 3.27. The van der Waals surface area contributed by atoms with Crippen LogP contribution in [0, 0.1) is 0 Å². The lowest BCUT2D eigenvalue weighted by Crippen LogP contribution is -2.50. The van der Waals surface area contributed by atoms with Gasteiger partial charge in [-0.1, -0.05) is 0 Å². The first-order valence-corrected chi connectivity index (χ1v) is 7.80. The fraction of sp³-hybridized carbons (Fsp3) is 0.588. The number of likely N-dealkylation sites (N-methyl/N-ethyl adjacent to an activating group) is 2. The molecule has 4 heteroatoms. The van der Waals surface area contributed by atoms with Crippen LogP contribution in [0.2, 0.25) is 0 Å². The predicted molar refractivity (Wildman–Crippen MR) is 83.0 cm³/mol. The number of piperazine rings is 1. The van der Waals surface area contributed by atoms with Crippen LogP contribution in [0.5, 0.6) is 5.75 Å². The lowest BCUT2D eigenvalue weighted by molar-refractivity contribution is 0.0810. The van der Waals surface area contributed by atoms with Crippen LogP contribution in [0.4, 0.5) is 0 Å². The van der Waals surface area contributed by atoms with Crippen molar-refractivity contribution >= 4 is 5.78 Å². The van der Waals surface area contributed by atoms with E-state index in [2.05, 4.69) is 23.9 Å². The Morgan fingerprint density at radius 2 is 1.90 bits per heavy atom. The number of ketones is 1. The third-order valence-corrected chi connectivity index (χ3v) is 4.40. The summed E-state index contributed by atoms with van der Waals surface area (Å²) >= 11 is 0. The highest BCUT2D eigenvalue weighted by Crippen LogP contribution is 2.27. The summed E-state index contributed by atoms with van der Waals surface area (Å²) in [6.07, 6.45) is 3.30. The third-order valence-electron chi connectivity index (χ3n) is 4.40. The summed E-state index contributed by atoms with van der Waals surface area (Å²) in [5, 5.41) is 0. The zero-order valence-electron chi connectivity index (χ0n) is 12.9. The molecule has 114 valence electrons. The van der Waals surface area contributed by atoms with Crippen LogP contribution >= 0.6 is 0 Å². The molecule has 1 aromatic rings. The second kappa shape index (κ2) is 6.16. The molecule has 0 amide bonds. The van der Waals surface area contributed by atoms with E-state index in [-0.39, 0.29) is 5.78 Å². The normalized spacial score (nSPS) is 24.0. The van der Waals surface area contributed by atoms with Gasteiger partial charge in [0.15, 0.2) is 5.78 Å². The second-order valence-corrected chi connectivity index (χ2v) is 6.37. The van der Waals surface area contributed by atoms with E-state index >= 15 is 0 Å². The highest BCUT2D eigenvalue weighted by molar-refractivity contribution is 5.96. The van der Waals surface area contributed by atoms with Crippen molar-refractivity contribution in [1.82, 2.24) is 9.80 Å². The van der Waals surface area contributed by atoms with Crippen LogP contribution in [0.15, 0.2) is 24.3 Å². The van der Waals surface area contributed by atoms with Crippen LogP contribution in [0.1, 0.15) is 29.6 Å². The topological polar surface area (TPSA) is 32.8 Å². The molecule has 0 aromatic heterocycles. The van der Waals surface area contributed by atoms with Gasteiger partial charge in [-0.05, 0) is 51.2 Å². The summed E-state index contributed by atoms with van der Waals surface area (Å²) < 4.78 is 5.71. The van der Waals surface area contributed by atoms with E-state index in [4.69, 9.17) is 4.74 Å². The van der Waals surface area contributed by atoms with Crippen molar-refractivity contribution < 1.29 is 9.53 Å². The van der Waals surface area contributed by atoms with E-state index in [1.54, 1.807) is 0 Å². The highest BCUT2D eigenvalue weighted by atomic mass is 16.5. The van der Waals surface area contributed by atoms with Crippen LogP contribution in [0.25, 0.3) is 0 Å². The molecule has 1 saturated carbocycles. The zero-order chi connectivity index (χ0) is 14.8. The highest BCUT2D eigenvalue weighted by Gasteiger charge is 2.25. The number of nitrogens with zero attached hydrogens (tertiary/aromatic N) is 2. The Balaban J connectivity index is 1.58. The van der Waals surface area contributed by atoms with Crippen molar-refractivity contribution in [2.24, 2.45) is 0 Å². The molecule has 0 radical (unpaired) electrons. The van der Waals surface area contributed by atoms with Crippen molar-refractivity contribution in [3.05, 3.63) is 29.8 Å². The first kappa shape index (κ1) is 14.5. The Morgan fingerprint density at radius 1 is 1.19 bits per heavy atom. The smallest absolute Gasteiger partial charge is 0.164 e. The summed E-state index contributed by atoms with van der Waals surface area (Å²) in [7, 11) is 4.23. The van der Waals surface area contributed by atoms with Gasteiger partial charge in [-0.3, -0.25) is 4.79 Å². The van der Waals surface area contributed by atoms with Crippen molar-refractivity contribution in [1.29, 1.82) is 0 Å². The number of Topliss-reactive ketones (excluding diaryl/α,β-unsaturated/α-hetero) is 1. The number of hydrogen-bond acceptors (Lipinski definition) is 4. The molecule has 2 aliphatic rings. The molecule has 0 N–H and O–H groups in total. The Kier molecular flexibility index (Phi) is 4.27. The maximum Gasteiger partial charge on any atom is 0.164 e. The van der Waals surface area contributed by atoms with Gasteiger partial charge in [0.1, 0.15) is 5.75 Å². The van der Waals surface area contributed by atoms with Crippen molar-refractivity contribution in [3.63, 3.8) is 0 Å². The van der Waals surface area contributed by atoms with Crippen LogP contribution < -0.4 is 4.74 Å². The van der Waals surface area contributed by atoms with Crippen LogP contribution in [0.3, 0.4) is 0 Å². The molecule has 0 spiro atoms. The molecule has 1 saturated heterocycles. The molecular formula is C17H24N2O2. The Labute approximate surface area is 126 Å². The summed E-state index contributed by atoms with van der Waals surface area (Å²) in [5.41, 5.74) is 0.791. The third kappa shape index (κ3) is 3.83. The molecule has 1 aliphatic carbocycles. The minimum absolute atomic E-state index is 0.222. The van der Waals surface area contributed by atoms with E-state index < -0.39 is 0 Å². The fourth-order valence-electron chi connectivity index (χ4n) is 2.75. The summed E-state index contributed by atoms with van der Waals surface area (Å²) in [6.45, 7) is 3.07. The summed E-state index contributed by atoms with van der Waals surface area (Å²) in [4.78, 5) is 17.0. The fourth-order valence-corrected chi connectivity index (χ4v) is 2.75. The first-order valence-electron chi connectivity index (χ1n) is 7.80. The first-order chi connectivity index (χ1) is 10.1. The van der Waals surface area contributed by atoms with Crippen molar-refractivity contribution in [3.8, 4) is 5.75 Å². The van der Waals surface area contributed by atoms with E-state index in [0.717, 1.165) is 43.8 Å². The molecule has 4 nitrogen and oxygen atoms in total. The second-order valence-electron chi connectivity index (χ2n) is 6.37. The van der Waals surface area contributed by atoms with Gasteiger partial charge in [-0.25, -0.2) is 0 Å². The molecular weight excluding hydrogens is 264 g/mol. The SMILES string of the molecule is CN1CCN(C)C(CC(=O)c2ccc(OC3CC3)cc2)C1. The molecule has 1 aromatic carbocycles. The van der Waals surface area contributed by atoms with Gasteiger partial charge >= 0.3 is 0 Å². The molecule has 1 heterocycles. The molecule has 1 atom stereocenters. The summed E-state index contributed by atoms with van der Waals surface area (Å²) in [5.74, 6) is 1.10. The minimum atomic E-state index is 0.222. The average molecular weight is 288 g/mol. The lowest BCUT2D eigenvalue weighted by Gasteiger charge is -2.37. The number of carbonyl (C=O) groups excluding carboxylic acids is 1. The maximum absolute atomic E-state index is 12.4. The van der Waals surface area contributed by atoms with Crippen LogP contribution in [-0.2, 0) is 0 Å². The van der Waals surface area contributed by atoms with Gasteiger partial charge < -0.3 is 14.5 Å². The molecule has 21 heavy (non-hydrogen) atoms. The summed E-state index contributed by atoms with van der Waals surface area (Å²) in [6, 6.07) is 7.95. The Bertz CT molecular complexity index is 496. The predicted octanol–water partition coefficient (Wildman–Crippen LogP) is 2.05. The number of rotatable bonds is 5. The van der Waals surface area contributed by atoms with E-state index in [0.29, 0.717) is 18.6 Å². The largest absolute Gasteiger partial charge is 0.490 e. The van der Waals surface area contributed by atoms with Gasteiger partial charge in [-0.15, -0.1) is 0 Å². The number of ether oxygens (including phenoxy) is 1. The molecule has 1 aliphatic heterocycles. The van der Waals surface area contributed by atoms with Gasteiger partial charge in [0.2, 0.25) is 0 Å². The van der Waals surface area contributed by atoms with E-state index in [9.17, 15) is 4.79 Å². The Morgan fingerprint density at radius 3 is 2.57 bits per heavy atom. The molecule has 3 rings (SSSR count). The lowest BCUT2D eigenvalue weighted by atomic mass is 10.0. The van der Waals surface area contributed by atoms with E-state index in [1.165, 1.54) is 0 Å². The number of benzene rings is 1. The van der Waals surface area contributed by atoms with Gasteiger partial charge in [0, 0.05) is 37.7 Å². The number of hydrogen-bond donors (Lipinski definition) is 0. The Hall–Kier alpha value is -1.39. The van der Waals surface area contributed by atoms with Gasteiger partial charge in [-0.2, -0.15) is 0 Å².